The minimum absolute atomic E-state index is 0.0903. The predicted molar refractivity (Wildman–Crippen MR) is 113 cm³/mol. The van der Waals surface area contributed by atoms with Crippen LogP contribution in [0.15, 0.2) is 54.7 Å². The second kappa shape index (κ2) is 10.1. The number of aromatic nitrogens is 1. The fraction of sp³-hybridized carbons (Fsp3) is 0.227. The summed E-state index contributed by atoms with van der Waals surface area (Å²) in [6.07, 6.45) is 1.96. The van der Waals surface area contributed by atoms with Gasteiger partial charge in [-0.15, -0.1) is 0 Å². The van der Waals surface area contributed by atoms with Crippen molar-refractivity contribution in [1.82, 2.24) is 15.6 Å². The SMILES string of the molecule is NC(=O)CCNC(=O)c1ccc2[nH]cc(CCOC(=O)NCc3ccccc3)c2c1. The van der Waals surface area contributed by atoms with E-state index in [4.69, 9.17) is 10.5 Å². The van der Waals surface area contributed by atoms with Crippen LogP contribution in [-0.4, -0.2) is 36.0 Å². The highest BCUT2D eigenvalue weighted by atomic mass is 16.5. The zero-order chi connectivity index (χ0) is 21.3. The number of H-pyrrole nitrogens is 1. The molecule has 5 N–H and O–H groups in total. The Morgan fingerprint density at radius 2 is 1.83 bits per heavy atom. The van der Waals surface area contributed by atoms with Crippen molar-refractivity contribution in [3.63, 3.8) is 0 Å². The molecule has 8 nitrogen and oxygen atoms in total. The van der Waals surface area contributed by atoms with Crippen molar-refractivity contribution in [1.29, 1.82) is 0 Å². The van der Waals surface area contributed by atoms with Gasteiger partial charge < -0.3 is 26.1 Å². The van der Waals surface area contributed by atoms with Gasteiger partial charge >= 0.3 is 6.09 Å². The third-order valence-electron chi connectivity index (χ3n) is 4.57. The first-order valence-corrected chi connectivity index (χ1v) is 9.64. The maximum Gasteiger partial charge on any atom is 0.407 e. The average molecular weight is 408 g/mol. The van der Waals surface area contributed by atoms with Crippen LogP contribution in [0.5, 0.6) is 0 Å². The van der Waals surface area contributed by atoms with Crippen LogP contribution in [0, 0.1) is 0 Å². The van der Waals surface area contributed by atoms with Gasteiger partial charge in [-0.05, 0) is 29.3 Å². The van der Waals surface area contributed by atoms with Crippen molar-refractivity contribution in [2.75, 3.05) is 13.2 Å². The van der Waals surface area contributed by atoms with E-state index in [0.29, 0.717) is 18.5 Å². The Bertz CT molecular complexity index is 1030. The smallest absolute Gasteiger partial charge is 0.407 e. The number of carbonyl (C=O) groups is 3. The first kappa shape index (κ1) is 20.9. The molecule has 0 aliphatic carbocycles. The quantitative estimate of drug-likeness (QED) is 0.433. The molecule has 0 spiro atoms. The zero-order valence-corrected chi connectivity index (χ0v) is 16.4. The summed E-state index contributed by atoms with van der Waals surface area (Å²) in [5, 5.41) is 6.26. The number of amides is 3. The number of hydrogen-bond acceptors (Lipinski definition) is 4. The number of fused-ring (bicyclic) bond motifs is 1. The minimum atomic E-state index is -0.479. The Morgan fingerprint density at radius 3 is 2.60 bits per heavy atom. The largest absolute Gasteiger partial charge is 0.449 e. The monoisotopic (exact) mass is 408 g/mol. The fourth-order valence-corrected chi connectivity index (χ4v) is 3.00. The lowest BCUT2D eigenvalue weighted by molar-refractivity contribution is -0.117. The molecule has 2 aromatic carbocycles. The van der Waals surface area contributed by atoms with Gasteiger partial charge in [-0.1, -0.05) is 30.3 Å². The summed E-state index contributed by atoms with van der Waals surface area (Å²) >= 11 is 0. The molecule has 156 valence electrons. The molecule has 3 aromatic rings. The van der Waals surface area contributed by atoms with Crippen molar-refractivity contribution < 1.29 is 19.1 Å². The Labute approximate surface area is 173 Å². The molecule has 0 bridgehead atoms. The number of rotatable bonds is 9. The van der Waals surface area contributed by atoms with Gasteiger partial charge in [0.25, 0.3) is 5.91 Å². The predicted octanol–water partition coefficient (Wildman–Crippen LogP) is 2.24. The lowest BCUT2D eigenvalue weighted by Crippen LogP contribution is -2.27. The Morgan fingerprint density at radius 1 is 1.03 bits per heavy atom. The van der Waals surface area contributed by atoms with Crippen LogP contribution in [0.4, 0.5) is 4.79 Å². The number of carbonyl (C=O) groups excluding carboxylic acids is 3. The summed E-state index contributed by atoms with van der Waals surface area (Å²) in [5.41, 5.74) is 8.37. The first-order chi connectivity index (χ1) is 14.5. The van der Waals surface area contributed by atoms with Gasteiger partial charge in [-0.3, -0.25) is 9.59 Å². The van der Waals surface area contributed by atoms with E-state index >= 15 is 0 Å². The molecule has 30 heavy (non-hydrogen) atoms. The summed E-state index contributed by atoms with van der Waals surface area (Å²) in [7, 11) is 0. The zero-order valence-electron chi connectivity index (χ0n) is 16.4. The van der Waals surface area contributed by atoms with Crippen molar-refractivity contribution >= 4 is 28.8 Å². The number of primary amides is 1. The van der Waals surface area contributed by atoms with E-state index in [9.17, 15) is 14.4 Å². The van der Waals surface area contributed by atoms with Gasteiger partial charge in [0.1, 0.15) is 0 Å². The van der Waals surface area contributed by atoms with Crippen LogP contribution in [-0.2, 0) is 22.5 Å². The standard InChI is InChI=1S/C22H24N4O4/c23-20(27)8-10-24-21(28)16-6-7-19-18(12-16)17(14-25-19)9-11-30-22(29)26-13-15-4-2-1-3-5-15/h1-7,12,14,25H,8-11,13H2,(H2,23,27)(H,24,28)(H,26,29). The molecule has 0 aliphatic rings. The van der Waals surface area contributed by atoms with Crippen LogP contribution in [0.2, 0.25) is 0 Å². The van der Waals surface area contributed by atoms with E-state index < -0.39 is 12.0 Å². The van der Waals surface area contributed by atoms with Gasteiger partial charge in [0.15, 0.2) is 0 Å². The molecule has 0 radical (unpaired) electrons. The third kappa shape index (κ3) is 5.84. The lowest BCUT2D eigenvalue weighted by Gasteiger charge is -2.07. The maximum atomic E-state index is 12.2. The molecule has 0 atom stereocenters. The molecule has 1 heterocycles. The van der Waals surface area contributed by atoms with Gasteiger partial charge in [-0.25, -0.2) is 4.79 Å². The van der Waals surface area contributed by atoms with Crippen LogP contribution < -0.4 is 16.4 Å². The number of nitrogens with one attached hydrogen (secondary N) is 3. The Kier molecular flexibility index (Phi) is 7.05. The van der Waals surface area contributed by atoms with E-state index in [1.54, 1.807) is 12.1 Å². The van der Waals surface area contributed by atoms with E-state index in [1.165, 1.54) is 0 Å². The van der Waals surface area contributed by atoms with Gasteiger partial charge in [0, 0.05) is 48.6 Å². The van der Waals surface area contributed by atoms with Gasteiger partial charge in [0.05, 0.1) is 6.61 Å². The van der Waals surface area contributed by atoms with Crippen LogP contribution in [0.1, 0.15) is 27.9 Å². The van der Waals surface area contributed by atoms with Gasteiger partial charge in [0.2, 0.25) is 5.91 Å². The number of alkyl carbamates (subject to hydrolysis) is 1. The first-order valence-electron chi connectivity index (χ1n) is 9.64. The molecule has 3 amide bonds. The molecule has 0 fully saturated rings. The summed E-state index contributed by atoms with van der Waals surface area (Å²) in [4.78, 5) is 38.1. The van der Waals surface area contributed by atoms with E-state index in [-0.39, 0.29) is 25.5 Å². The van der Waals surface area contributed by atoms with Crippen LogP contribution in [0.25, 0.3) is 10.9 Å². The number of ether oxygens (including phenoxy) is 1. The normalized spacial score (nSPS) is 10.5. The molecule has 0 unspecified atom stereocenters. The van der Waals surface area contributed by atoms with E-state index in [1.807, 2.05) is 42.6 Å². The molecule has 0 saturated carbocycles. The number of nitrogens with two attached hydrogens (primary N) is 1. The molecule has 8 heteroatoms. The number of hydrogen-bond donors (Lipinski definition) is 4. The summed E-state index contributed by atoms with van der Waals surface area (Å²) < 4.78 is 5.25. The number of aromatic amines is 1. The Hall–Kier alpha value is -3.81. The highest BCUT2D eigenvalue weighted by molar-refractivity contribution is 5.99. The summed E-state index contributed by atoms with van der Waals surface area (Å²) in [5.74, 6) is -0.742. The third-order valence-corrected chi connectivity index (χ3v) is 4.57. The summed E-state index contributed by atoms with van der Waals surface area (Å²) in [6.45, 7) is 0.807. The number of benzene rings is 2. The summed E-state index contributed by atoms with van der Waals surface area (Å²) in [6, 6.07) is 14.9. The van der Waals surface area contributed by atoms with Crippen LogP contribution in [0.3, 0.4) is 0 Å². The molecular weight excluding hydrogens is 384 g/mol. The fourth-order valence-electron chi connectivity index (χ4n) is 3.00. The average Bonchev–Trinajstić information content (AvgIpc) is 3.15. The Balaban J connectivity index is 1.52. The molecule has 3 rings (SSSR count). The topological polar surface area (TPSA) is 126 Å². The molecular formula is C22H24N4O4. The minimum Gasteiger partial charge on any atom is -0.449 e. The second-order valence-corrected chi connectivity index (χ2v) is 6.77. The van der Waals surface area contributed by atoms with Gasteiger partial charge in [-0.2, -0.15) is 0 Å². The molecule has 1 aromatic heterocycles. The van der Waals surface area contributed by atoms with Crippen molar-refractivity contribution in [2.24, 2.45) is 5.73 Å². The maximum absolute atomic E-state index is 12.2. The van der Waals surface area contributed by atoms with E-state index in [0.717, 1.165) is 22.0 Å². The van der Waals surface area contributed by atoms with Crippen molar-refractivity contribution in [2.45, 2.75) is 19.4 Å². The molecule has 0 aliphatic heterocycles. The second-order valence-electron chi connectivity index (χ2n) is 6.77. The highest BCUT2D eigenvalue weighted by Gasteiger charge is 2.11. The van der Waals surface area contributed by atoms with E-state index in [2.05, 4.69) is 15.6 Å². The lowest BCUT2D eigenvalue weighted by atomic mass is 10.1. The molecule has 0 saturated heterocycles. The van der Waals surface area contributed by atoms with Crippen molar-refractivity contribution in [3.05, 3.63) is 71.4 Å². The highest BCUT2D eigenvalue weighted by Crippen LogP contribution is 2.20. The van der Waals surface area contributed by atoms with Crippen molar-refractivity contribution in [3.8, 4) is 0 Å². The van der Waals surface area contributed by atoms with Crippen LogP contribution >= 0.6 is 0 Å².